The molecule has 0 aliphatic rings. The number of hydrogen-bond acceptors (Lipinski definition) is 3. The van der Waals surface area contributed by atoms with Crippen molar-refractivity contribution < 1.29 is 14.3 Å². The van der Waals surface area contributed by atoms with Gasteiger partial charge in [-0.3, -0.25) is 4.79 Å². The number of amides is 1. The molecule has 1 N–H and O–H groups in total. The Hall–Kier alpha value is -1.36. The maximum Gasteiger partial charge on any atom is 0.328 e. The number of alkyl halides is 1. The predicted molar refractivity (Wildman–Crippen MR) is 72.4 cm³/mol. The Labute approximate surface area is 115 Å². The van der Waals surface area contributed by atoms with E-state index >= 15 is 0 Å². The molecule has 1 aromatic rings. The molecule has 0 aliphatic carbocycles. The van der Waals surface area contributed by atoms with Crippen LogP contribution in [0, 0.1) is 0 Å². The summed E-state index contributed by atoms with van der Waals surface area (Å²) < 4.78 is 4.67. The highest BCUT2D eigenvalue weighted by molar-refractivity contribution is 9.08. The van der Waals surface area contributed by atoms with Gasteiger partial charge in [0.05, 0.1) is 7.11 Å². The van der Waals surface area contributed by atoms with Gasteiger partial charge in [0.15, 0.2) is 0 Å². The molecular weight excluding hydrogens is 298 g/mol. The van der Waals surface area contributed by atoms with E-state index in [1.165, 1.54) is 14.0 Å². The SMILES string of the molecule is COC(=O)C(Cc1ccc(CBr)cc1)NC(C)=O. The number of benzene rings is 1. The van der Waals surface area contributed by atoms with Crippen LogP contribution in [0.1, 0.15) is 18.1 Å². The third-order valence-corrected chi connectivity index (χ3v) is 3.13. The zero-order chi connectivity index (χ0) is 13.5. The van der Waals surface area contributed by atoms with Gasteiger partial charge in [0, 0.05) is 18.7 Å². The fourth-order valence-corrected chi connectivity index (χ4v) is 1.95. The summed E-state index contributed by atoms with van der Waals surface area (Å²) in [5, 5.41) is 3.38. The van der Waals surface area contributed by atoms with Gasteiger partial charge in [0.1, 0.15) is 6.04 Å². The first-order valence-electron chi connectivity index (χ1n) is 5.55. The number of carbonyl (C=O) groups is 2. The van der Waals surface area contributed by atoms with Crippen molar-refractivity contribution in [1.29, 1.82) is 0 Å². The standard InChI is InChI=1S/C13H16BrNO3/c1-9(16)15-12(13(17)18-2)7-10-3-5-11(8-14)6-4-10/h3-6,12H,7-8H2,1-2H3,(H,15,16). The zero-order valence-electron chi connectivity index (χ0n) is 10.4. The molecule has 1 rings (SSSR count). The summed E-state index contributed by atoms with van der Waals surface area (Å²) in [5.74, 6) is -0.683. The largest absolute Gasteiger partial charge is 0.467 e. The molecule has 1 aromatic carbocycles. The lowest BCUT2D eigenvalue weighted by molar-refractivity contribution is -0.144. The van der Waals surface area contributed by atoms with E-state index in [-0.39, 0.29) is 5.91 Å². The van der Waals surface area contributed by atoms with E-state index in [1.54, 1.807) is 0 Å². The Bertz CT molecular complexity index is 417. The molecular formula is C13H16BrNO3. The van der Waals surface area contributed by atoms with Crippen molar-refractivity contribution in [3.05, 3.63) is 35.4 Å². The molecule has 0 spiro atoms. The van der Waals surface area contributed by atoms with Crippen LogP contribution < -0.4 is 5.32 Å². The number of carbonyl (C=O) groups excluding carboxylic acids is 2. The molecule has 1 atom stereocenters. The molecule has 1 amide bonds. The van der Waals surface area contributed by atoms with Gasteiger partial charge in [-0.15, -0.1) is 0 Å². The van der Waals surface area contributed by atoms with Crippen molar-refractivity contribution in [2.75, 3.05) is 7.11 Å². The van der Waals surface area contributed by atoms with Crippen LogP contribution in [0.5, 0.6) is 0 Å². The molecule has 0 fully saturated rings. The monoisotopic (exact) mass is 313 g/mol. The van der Waals surface area contributed by atoms with Gasteiger partial charge in [-0.1, -0.05) is 40.2 Å². The van der Waals surface area contributed by atoms with Crippen LogP contribution in [0.25, 0.3) is 0 Å². The molecule has 0 saturated carbocycles. The highest BCUT2D eigenvalue weighted by Gasteiger charge is 2.20. The molecule has 18 heavy (non-hydrogen) atoms. The van der Waals surface area contributed by atoms with E-state index < -0.39 is 12.0 Å². The van der Waals surface area contributed by atoms with E-state index in [2.05, 4.69) is 26.0 Å². The highest BCUT2D eigenvalue weighted by atomic mass is 79.9. The van der Waals surface area contributed by atoms with Crippen LogP contribution in [0.4, 0.5) is 0 Å². The topological polar surface area (TPSA) is 55.4 Å². The first kappa shape index (κ1) is 14.7. The van der Waals surface area contributed by atoms with Gasteiger partial charge < -0.3 is 10.1 Å². The van der Waals surface area contributed by atoms with E-state index in [0.29, 0.717) is 6.42 Å². The summed E-state index contributed by atoms with van der Waals surface area (Å²) in [4.78, 5) is 22.6. The molecule has 0 saturated heterocycles. The van der Waals surface area contributed by atoms with Gasteiger partial charge in [0.2, 0.25) is 5.91 Å². The molecule has 0 aromatic heterocycles. The van der Waals surface area contributed by atoms with Gasteiger partial charge in [-0.25, -0.2) is 4.79 Å². The van der Waals surface area contributed by atoms with Gasteiger partial charge in [-0.2, -0.15) is 0 Å². The first-order valence-corrected chi connectivity index (χ1v) is 6.67. The van der Waals surface area contributed by atoms with Crippen LogP contribution in [-0.2, 0) is 26.1 Å². The minimum absolute atomic E-state index is 0.248. The van der Waals surface area contributed by atoms with Crippen LogP contribution in [0.15, 0.2) is 24.3 Å². The second-order valence-electron chi connectivity index (χ2n) is 3.93. The fraction of sp³-hybridized carbons (Fsp3) is 0.385. The lowest BCUT2D eigenvalue weighted by Crippen LogP contribution is -2.41. The van der Waals surface area contributed by atoms with Crippen molar-refractivity contribution in [2.24, 2.45) is 0 Å². The summed E-state index contributed by atoms with van der Waals surface area (Å²) in [6.07, 6.45) is 0.425. The summed E-state index contributed by atoms with van der Waals surface area (Å²) in [5.41, 5.74) is 2.14. The van der Waals surface area contributed by atoms with Gasteiger partial charge in [-0.05, 0) is 11.1 Å². The summed E-state index contributed by atoms with van der Waals surface area (Å²) in [6, 6.07) is 7.20. The number of nitrogens with one attached hydrogen (secondary N) is 1. The quantitative estimate of drug-likeness (QED) is 0.666. The predicted octanol–water partition coefficient (Wildman–Crippen LogP) is 1.80. The summed E-state index contributed by atoms with van der Waals surface area (Å²) in [7, 11) is 1.31. The van der Waals surface area contributed by atoms with Crippen molar-refractivity contribution in [3.63, 3.8) is 0 Å². The molecule has 98 valence electrons. The van der Waals surface area contributed by atoms with E-state index in [0.717, 1.165) is 16.5 Å². The zero-order valence-corrected chi connectivity index (χ0v) is 12.0. The Kier molecular flexibility index (Phi) is 5.85. The lowest BCUT2D eigenvalue weighted by atomic mass is 10.0. The molecule has 5 heteroatoms. The van der Waals surface area contributed by atoms with Crippen molar-refractivity contribution >= 4 is 27.8 Å². The Morgan fingerprint density at radius 1 is 1.28 bits per heavy atom. The summed E-state index contributed by atoms with van der Waals surface area (Å²) in [6.45, 7) is 1.38. The minimum atomic E-state index is -0.637. The number of rotatable bonds is 5. The van der Waals surface area contributed by atoms with Crippen molar-refractivity contribution in [3.8, 4) is 0 Å². The average Bonchev–Trinajstić information content (AvgIpc) is 2.37. The van der Waals surface area contributed by atoms with Gasteiger partial charge >= 0.3 is 5.97 Å². The maximum absolute atomic E-state index is 11.5. The smallest absolute Gasteiger partial charge is 0.328 e. The molecule has 4 nitrogen and oxygen atoms in total. The van der Waals surface area contributed by atoms with Crippen LogP contribution in [0.3, 0.4) is 0 Å². The summed E-state index contributed by atoms with van der Waals surface area (Å²) >= 11 is 3.37. The van der Waals surface area contributed by atoms with Crippen molar-refractivity contribution in [2.45, 2.75) is 24.7 Å². The van der Waals surface area contributed by atoms with E-state index in [4.69, 9.17) is 0 Å². The number of hydrogen-bond donors (Lipinski definition) is 1. The number of ether oxygens (including phenoxy) is 1. The Morgan fingerprint density at radius 2 is 1.83 bits per heavy atom. The minimum Gasteiger partial charge on any atom is -0.467 e. The highest BCUT2D eigenvalue weighted by Crippen LogP contribution is 2.10. The average molecular weight is 314 g/mol. The third kappa shape index (κ3) is 4.49. The van der Waals surface area contributed by atoms with Crippen LogP contribution in [0.2, 0.25) is 0 Å². The van der Waals surface area contributed by atoms with Crippen molar-refractivity contribution in [1.82, 2.24) is 5.32 Å². The fourth-order valence-electron chi connectivity index (χ4n) is 1.58. The number of esters is 1. The van der Waals surface area contributed by atoms with E-state index in [9.17, 15) is 9.59 Å². The van der Waals surface area contributed by atoms with Gasteiger partial charge in [0.25, 0.3) is 0 Å². The maximum atomic E-state index is 11.5. The third-order valence-electron chi connectivity index (χ3n) is 2.48. The van der Waals surface area contributed by atoms with Crippen LogP contribution in [-0.4, -0.2) is 25.0 Å². The Morgan fingerprint density at radius 3 is 2.28 bits per heavy atom. The normalized spacial score (nSPS) is 11.7. The van der Waals surface area contributed by atoms with Crippen LogP contribution >= 0.6 is 15.9 Å². The molecule has 0 aliphatic heterocycles. The molecule has 0 heterocycles. The first-order chi connectivity index (χ1) is 8.56. The second kappa shape index (κ2) is 7.16. The molecule has 1 unspecified atom stereocenters. The van der Waals surface area contributed by atoms with E-state index in [1.807, 2.05) is 24.3 Å². The Balaban J connectivity index is 2.75. The second-order valence-corrected chi connectivity index (χ2v) is 4.49. The lowest BCUT2D eigenvalue weighted by Gasteiger charge is -2.15. The number of methoxy groups -OCH3 is 1. The molecule has 0 bridgehead atoms. The number of halogens is 1. The molecule has 0 radical (unpaired) electrons.